The fraction of sp³-hybridized carbons (Fsp3) is 0.556. The first-order chi connectivity index (χ1) is 11.7. The van der Waals surface area contributed by atoms with E-state index in [1.54, 1.807) is 7.11 Å². The molecule has 0 atom stereocenters. The molecule has 0 radical (unpaired) electrons. The second-order valence-electron chi connectivity index (χ2n) is 6.21. The molecular formula is C18H27N3O3. The van der Waals surface area contributed by atoms with Crippen LogP contribution in [0.3, 0.4) is 0 Å². The van der Waals surface area contributed by atoms with Crippen LogP contribution in [-0.4, -0.2) is 56.7 Å². The fourth-order valence-corrected chi connectivity index (χ4v) is 2.98. The molecule has 0 unspecified atom stereocenters. The van der Waals surface area contributed by atoms with Crippen LogP contribution >= 0.6 is 0 Å². The number of rotatable bonds is 7. The van der Waals surface area contributed by atoms with E-state index in [2.05, 4.69) is 39.8 Å². The van der Waals surface area contributed by atoms with Gasteiger partial charge in [0.1, 0.15) is 0 Å². The van der Waals surface area contributed by atoms with Gasteiger partial charge in [-0.3, -0.25) is 15.0 Å². The van der Waals surface area contributed by atoms with Crippen LogP contribution in [0.1, 0.15) is 18.4 Å². The molecule has 0 saturated carbocycles. The zero-order valence-corrected chi connectivity index (χ0v) is 14.3. The predicted molar refractivity (Wildman–Crippen MR) is 92.7 cm³/mol. The molecular weight excluding hydrogens is 306 g/mol. The third kappa shape index (κ3) is 6.68. The van der Waals surface area contributed by atoms with Crippen LogP contribution in [-0.2, 0) is 16.0 Å². The van der Waals surface area contributed by atoms with Crippen molar-refractivity contribution >= 4 is 11.9 Å². The molecule has 0 spiro atoms. The molecule has 1 saturated heterocycles. The lowest BCUT2D eigenvalue weighted by Gasteiger charge is -2.31. The quantitative estimate of drug-likeness (QED) is 0.740. The van der Waals surface area contributed by atoms with Crippen molar-refractivity contribution in [3.63, 3.8) is 0 Å². The summed E-state index contributed by atoms with van der Waals surface area (Å²) in [6.07, 6.45) is 3.27. The van der Waals surface area contributed by atoms with E-state index >= 15 is 0 Å². The number of carbonyl (C=O) groups is 2. The number of hydrogen-bond donors (Lipinski definition) is 2. The number of urea groups is 1. The van der Waals surface area contributed by atoms with Gasteiger partial charge in [-0.15, -0.1) is 0 Å². The van der Waals surface area contributed by atoms with Gasteiger partial charge in [0, 0.05) is 13.7 Å². The monoisotopic (exact) mass is 333 g/mol. The highest BCUT2D eigenvalue weighted by molar-refractivity contribution is 5.95. The highest BCUT2D eigenvalue weighted by atomic mass is 16.5. The lowest BCUT2D eigenvalue weighted by atomic mass is 9.90. The van der Waals surface area contributed by atoms with Gasteiger partial charge in [-0.05, 0) is 43.8 Å². The van der Waals surface area contributed by atoms with Gasteiger partial charge in [0.25, 0.3) is 0 Å². The Hall–Kier alpha value is -1.92. The first-order valence-corrected chi connectivity index (χ1v) is 8.50. The molecule has 1 aromatic carbocycles. The predicted octanol–water partition coefficient (Wildman–Crippen LogP) is 1.41. The third-order valence-corrected chi connectivity index (χ3v) is 4.29. The van der Waals surface area contributed by atoms with Crippen molar-refractivity contribution < 1.29 is 14.3 Å². The molecule has 2 rings (SSSR count). The number of nitrogens with zero attached hydrogens (tertiary/aromatic N) is 1. The second-order valence-corrected chi connectivity index (χ2v) is 6.21. The van der Waals surface area contributed by atoms with E-state index in [1.807, 2.05) is 6.07 Å². The summed E-state index contributed by atoms with van der Waals surface area (Å²) in [6, 6.07) is 10.1. The molecule has 24 heavy (non-hydrogen) atoms. The minimum Gasteiger partial charge on any atom is -0.383 e. The molecule has 6 heteroatoms. The molecule has 3 amide bonds. The second kappa shape index (κ2) is 10.1. The van der Waals surface area contributed by atoms with Crippen LogP contribution in [0.2, 0.25) is 0 Å². The maximum Gasteiger partial charge on any atom is 0.321 e. The molecule has 1 heterocycles. The van der Waals surface area contributed by atoms with Crippen molar-refractivity contribution in [3.8, 4) is 0 Å². The van der Waals surface area contributed by atoms with Gasteiger partial charge in [-0.25, -0.2) is 4.79 Å². The van der Waals surface area contributed by atoms with E-state index in [9.17, 15) is 9.59 Å². The molecule has 1 aliphatic rings. The van der Waals surface area contributed by atoms with Crippen LogP contribution in [0, 0.1) is 5.92 Å². The molecule has 132 valence electrons. The molecule has 2 N–H and O–H groups in total. The van der Waals surface area contributed by atoms with Crippen molar-refractivity contribution in [2.75, 3.05) is 39.9 Å². The van der Waals surface area contributed by atoms with Gasteiger partial charge in [0.05, 0.1) is 13.2 Å². The van der Waals surface area contributed by atoms with Crippen molar-refractivity contribution in [2.45, 2.75) is 19.3 Å². The van der Waals surface area contributed by atoms with Gasteiger partial charge < -0.3 is 10.1 Å². The topological polar surface area (TPSA) is 70.7 Å². The van der Waals surface area contributed by atoms with Crippen molar-refractivity contribution in [1.82, 2.24) is 15.5 Å². The zero-order chi connectivity index (χ0) is 17.2. The number of likely N-dealkylation sites (tertiary alicyclic amines) is 1. The van der Waals surface area contributed by atoms with E-state index in [0.717, 1.165) is 32.4 Å². The van der Waals surface area contributed by atoms with Crippen molar-refractivity contribution in [3.05, 3.63) is 35.9 Å². The van der Waals surface area contributed by atoms with Gasteiger partial charge in [-0.1, -0.05) is 30.3 Å². The summed E-state index contributed by atoms with van der Waals surface area (Å²) in [5, 5.41) is 4.92. The third-order valence-electron chi connectivity index (χ3n) is 4.29. The Kier molecular flexibility index (Phi) is 7.71. The Morgan fingerprint density at radius 3 is 2.58 bits per heavy atom. The molecule has 1 fully saturated rings. The SMILES string of the molecule is COCCNC(=O)NC(=O)CN1CCC(Cc2ccccc2)CC1. The summed E-state index contributed by atoms with van der Waals surface area (Å²) < 4.78 is 4.84. The van der Waals surface area contributed by atoms with E-state index in [0.29, 0.717) is 19.1 Å². The zero-order valence-electron chi connectivity index (χ0n) is 14.3. The van der Waals surface area contributed by atoms with Crippen LogP contribution in [0.5, 0.6) is 0 Å². The smallest absolute Gasteiger partial charge is 0.321 e. The maximum absolute atomic E-state index is 11.9. The molecule has 1 aliphatic heterocycles. The minimum atomic E-state index is -0.462. The number of hydrogen-bond acceptors (Lipinski definition) is 4. The van der Waals surface area contributed by atoms with Crippen LogP contribution in [0.25, 0.3) is 0 Å². The van der Waals surface area contributed by atoms with Gasteiger partial charge in [0.2, 0.25) is 5.91 Å². The molecule has 0 aromatic heterocycles. The first kappa shape index (κ1) is 18.4. The van der Waals surface area contributed by atoms with Crippen molar-refractivity contribution in [2.24, 2.45) is 5.92 Å². The van der Waals surface area contributed by atoms with Crippen LogP contribution in [0.15, 0.2) is 30.3 Å². The lowest BCUT2D eigenvalue weighted by Crippen LogP contribution is -2.46. The summed E-state index contributed by atoms with van der Waals surface area (Å²) in [4.78, 5) is 25.5. The normalized spacial score (nSPS) is 15.9. The van der Waals surface area contributed by atoms with Gasteiger partial charge >= 0.3 is 6.03 Å². The fourth-order valence-electron chi connectivity index (χ4n) is 2.98. The Morgan fingerprint density at radius 2 is 1.92 bits per heavy atom. The average molecular weight is 333 g/mol. The average Bonchev–Trinajstić information content (AvgIpc) is 2.58. The Labute approximate surface area is 143 Å². The molecule has 0 aliphatic carbocycles. The first-order valence-electron chi connectivity index (χ1n) is 8.50. The van der Waals surface area contributed by atoms with Gasteiger partial charge in [-0.2, -0.15) is 0 Å². The maximum atomic E-state index is 11.9. The Bertz CT molecular complexity index is 514. The number of piperidine rings is 1. The summed E-state index contributed by atoms with van der Waals surface area (Å²) >= 11 is 0. The lowest BCUT2D eigenvalue weighted by molar-refractivity contribution is -0.121. The summed E-state index contributed by atoms with van der Waals surface area (Å²) in [5.41, 5.74) is 1.38. The highest BCUT2D eigenvalue weighted by Gasteiger charge is 2.21. The number of amides is 3. The standard InChI is InChI=1S/C18H27N3O3/c1-24-12-9-19-18(23)20-17(22)14-21-10-7-16(8-11-21)13-15-5-3-2-4-6-15/h2-6,16H,7-14H2,1H3,(H2,19,20,22,23). The molecule has 6 nitrogen and oxygen atoms in total. The van der Waals surface area contributed by atoms with E-state index < -0.39 is 6.03 Å². The van der Waals surface area contributed by atoms with Gasteiger partial charge in [0.15, 0.2) is 0 Å². The molecule has 1 aromatic rings. The van der Waals surface area contributed by atoms with E-state index in [-0.39, 0.29) is 12.5 Å². The molecule has 0 bridgehead atoms. The number of ether oxygens (including phenoxy) is 1. The van der Waals surface area contributed by atoms with E-state index in [4.69, 9.17) is 4.74 Å². The Balaban J connectivity index is 1.63. The van der Waals surface area contributed by atoms with Crippen molar-refractivity contribution in [1.29, 1.82) is 0 Å². The summed E-state index contributed by atoms with van der Waals surface area (Å²) in [7, 11) is 1.56. The van der Waals surface area contributed by atoms with E-state index in [1.165, 1.54) is 5.56 Å². The number of nitrogens with one attached hydrogen (secondary N) is 2. The Morgan fingerprint density at radius 1 is 1.21 bits per heavy atom. The number of imide groups is 1. The number of carbonyl (C=O) groups excluding carboxylic acids is 2. The summed E-state index contributed by atoms with van der Waals surface area (Å²) in [5.74, 6) is 0.412. The highest BCUT2D eigenvalue weighted by Crippen LogP contribution is 2.21. The van der Waals surface area contributed by atoms with Crippen LogP contribution < -0.4 is 10.6 Å². The van der Waals surface area contributed by atoms with Crippen LogP contribution in [0.4, 0.5) is 4.79 Å². The number of methoxy groups -OCH3 is 1. The minimum absolute atomic E-state index is 0.258. The summed E-state index contributed by atoms with van der Waals surface area (Å²) in [6.45, 7) is 2.89. The number of benzene rings is 1. The largest absolute Gasteiger partial charge is 0.383 e.